The second-order valence-corrected chi connectivity index (χ2v) is 42.0. The summed E-state index contributed by atoms with van der Waals surface area (Å²) in [7, 11) is 0. The molecule has 4 nitrogen and oxygen atoms in total. The van der Waals surface area contributed by atoms with Gasteiger partial charge in [-0.05, 0) is 294 Å². The molecule has 0 saturated carbocycles. The molecule has 0 N–H and O–H groups in total. The molecular weight excluding hydrogens is 1720 g/mol. The van der Waals surface area contributed by atoms with Crippen molar-refractivity contribution in [3.8, 4) is 145 Å². The molecule has 21 aromatic carbocycles. The first-order valence-corrected chi connectivity index (χ1v) is 50.3. The zero-order chi connectivity index (χ0) is 96.5. The Morgan fingerprint density at radius 1 is 0.168 bits per heavy atom. The molecule has 0 bridgehead atoms. The number of hydrogen-bond acceptors (Lipinski definition) is 2. The number of rotatable bonds is 16. The summed E-state index contributed by atoms with van der Waals surface area (Å²) in [5.74, 6) is 0. The SMILES string of the molecule is CC(C)(C)c1cc(-c2ccccc2)c(N2c3cc(-n4c5ccc(-c6ccccc6)cc5c5cc(-c6ccccc6)ccc54)ccc3B3c4ccc(-n5c6ccc(-c7ccccc7)cc6c6cc(-c7ccccc7)ccc65)cc4N(c4c(-c5ccccc5)cc(C(C)(C)C)cc4-c4cccc(-c5cccc(-c6ccccc6)c5)c4)c4cc(C(C)(C)C)cc2c43)c(-c2cccc(-c3cccc(-c4ccccc4)c3)c2)c1. The van der Waals surface area contributed by atoms with Crippen LogP contribution >= 0.6 is 0 Å². The lowest BCUT2D eigenvalue weighted by atomic mass is 9.33. The van der Waals surface area contributed by atoms with Crippen molar-refractivity contribution in [3.05, 3.63) is 502 Å². The van der Waals surface area contributed by atoms with Crippen molar-refractivity contribution in [2.75, 3.05) is 9.80 Å². The van der Waals surface area contributed by atoms with Gasteiger partial charge in [0.25, 0.3) is 6.71 Å². The van der Waals surface area contributed by atoms with Crippen LogP contribution in [0.2, 0.25) is 0 Å². The summed E-state index contributed by atoms with van der Waals surface area (Å²) in [5, 5.41) is 4.73. The van der Waals surface area contributed by atoms with Crippen molar-refractivity contribution in [1.29, 1.82) is 0 Å². The molecule has 25 rings (SSSR count). The Morgan fingerprint density at radius 2 is 0.385 bits per heavy atom. The first-order chi connectivity index (χ1) is 69.8. The van der Waals surface area contributed by atoms with Crippen LogP contribution in [0.5, 0.6) is 0 Å². The van der Waals surface area contributed by atoms with Crippen molar-refractivity contribution in [1.82, 2.24) is 9.13 Å². The first kappa shape index (κ1) is 87.4. The largest absolute Gasteiger partial charge is 0.310 e. The quantitative estimate of drug-likeness (QED) is 0.0897. The molecule has 0 unspecified atom stereocenters. The van der Waals surface area contributed by atoms with Crippen LogP contribution in [0, 0.1) is 0 Å². The molecule has 5 heteroatoms. The van der Waals surface area contributed by atoms with Crippen LogP contribution in [0.25, 0.3) is 189 Å². The van der Waals surface area contributed by atoms with Gasteiger partial charge in [-0.1, -0.05) is 414 Å². The minimum Gasteiger partial charge on any atom is -0.310 e. The van der Waals surface area contributed by atoms with Gasteiger partial charge in [0.2, 0.25) is 0 Å². The number of benzene rings is 21. The Bertz CT molecular complexity index is 8200. The number of aromatic nitrogens is 2. The Hall–Kier alpha value is -17.1. The average molecular weight is 1830 g/mol. The fraction of sp³-hybridized carbons (Fsp3) is 0.0870. The Balaban J connectivity index is 0.829. The second-order valence-electron chi connectivity index (χ2n) is 42.0. The number of anilines is 6. The van der Waals surface area contributed by atoms with Crippen molar-refractivity contribution < 1.29 is 0 Å². The minimum absolute atomic E-state index is 0.306. The Kier molecular flexibility index (Phi) is 21.4. The summed E-state index contributed by atoms with van der Waals surface area (Å²) in [6.45, 7) is 21.2. The molecule has 2 aliphatic heterocycles. The summed E-state index contributed by atoms with van der Waals surface area (Å²) < 4.78 is 5.13. The number of hydrogen-bond donors (Lipinski definition) is 0. The van der Waals surface area contributed by atoms with E-state index in [0.29, 0.717) is 0 Å². The molecule has 0 amide bonds. The minimum atomic E-state index is -0.448. The summed E-state index contributed by atoms with van der Waals surface area (Å²) in [4.78, 5) is 5.56. The monoisotopic (exact) mass is 1830 g/mol. The van der Waals surface area contributed by atoms with E-state index in [1.807, 2.05) is 0 Å². The van der Waals surface area contributed by atoms with E-state index in [4.69, 9.17) is 0 Å². The standard InChI is InChI=1S/C138H107BN4/c1-136(2,3)110-82-115(96-50-30-16-31-51-96)134(117(84-110)108-60-36-58-102(76-108)100-56-34-54-98(74-100)90-38-18-10-19-39-90)142-129-88-113(140-125-70-62-104(92-42-22-12-23-43-92)78-119(125)120-79-105(63-71-126(120)140)93-44-24-13-25-45-93)66-68-123(129)139-124-69-67-114(141-127-72-64-106(94-46-26-14-27-47-94)80-121(127)122-81-107(65-73-128(122)141)95-48-28-15-29-49-95)89-130(124)143(132-87-112(138(7,8)9)86-131(142)133(132)139)135-116(97-52-32-17-33-53-97)83-111(137(4,5)6)85-118(135)109-61-37-59-103(77-109)101-57-35-55-99(75-101)91-40-20-11-21-41-91/h10-89H,1-9H3. The van der Waals surface area contributed by atoms with Crippen molar-refractivity contribution in [3.63, 3.8) is 0 Å². The number of fused-ring (bicyclic) bond motifs is 10. The van der Waals surface area contributed by atoms with Gasteiger partial charge in [0.15, 0.2) is 0 Å². The molecule has 682 valence electrons. The van der Waals surface area contributed by atoms with Crippen molar-refractivity contribution in [2.24, 2.45) is 0 Å². The molecule has 0 radical (unpaired) electrons. The van der Waals surface area contributed by atoms with Gasteiger partial charge in [0.05, 0.1) is 33.4 Å². The van der Waals surface area contributed by atoms with Gasteiger partial charge >= 0.3 is 0 Å². The second kappa shape index (κ2) is 35.0. The van der Waals surface area contributed by atoms with Crippen LogP contribution in [-0.2, 0) is 16.2 Å². The number of nitrogens with zero attached hydrogens (tertiary/aromatic N) is 4. The summed E-state index contributed by atoms with van der Waals surface area (Å²) in [5.41, 5.74) is 46.9. The average Bonchev–Trinajstić information content (AvgIpc) is 1.10. The van der Waals surface area contributed by atoms with Gasteiger partial charge in [-0.3, -0.25) is 0 Å². The van der Waals surface area contributed by atoms with E-state index in [-0.39, 0.29) is 17.5 Å². The van der Waals surface area contributed by atoms with Gasteiger partial charge in [0, 0.05) is 77.9 Å². The lowest BCUT2D eigenvalue weighted by Gasteiger charge is -2.47. The first-order valence-electron chi connectivity index (χ1n) is 50.3. The molecule has 0 spiro atoms. The highest BCUT2D eigenvalue weighted by Gasteiger charge is 2.47. The third kappa shape index (κ3) is 15.7. The molecule has 0 aliphatic carbocycles. The highest BCUT2D eigenvalue weighted by atomic mass is 15.2. The van der Waals surface area contributed by atoms with Crippen LogP contribution in [-0.4, -0.2) is 15.8 Å². The maximum atomic E-state index is 2.78. The molecular formula is C138H107BN4. The summed E-state index contributed by atoms with van der Waals surface area (Å²) in [6, 6.07) is 184. The maximum Gasteiger partial charge on any atom is 0.252 e. The third-order valence-electron chi connectivity index (χ3n) is 29.9. The predicted octanol–water partition coefficient (Wildman–Crippen LogP) is 35.9. The molecule has 0 saturated heterocycles. The van der Waals surface area contributed by atoms with Gasteiger partial charge in [0.1, 0.15) is 0 Å². The van der Waals surface area contributed by atoms with Gasteiger partial charge in [-0.2, -0.15) is 0 Å². The summed E-state index contributed by atoms with van der Waals surface area (Å²) >= 11 is 0. The zero-order valence-corrected chi connectivity index (χ0v) is 82.1. The zero-order valence-electron chi connectivity index (χ0n) is 82.1. The predicted molar refractivity (Wildman–Crippen MR) is 610 cm³/mol. The van der Waals surface area contributed by atoms with Crippen molar-refractivity contribution in [2.45, 2.75) is 78.6 Å². The highest BCUT2D eigenvalue weighted by Crippen LogP contribution is 2.57. The van der Waals surface area contributed by atoms with Crippen molar-refractivity contribution >= 4 is 101 Å². The smallest absolute Gasteiger partial charge is 0.252 e. The summed E-state index contributed by atoms with van der Waals surface area (Å²) in [6.07, 6.45) is 0. The van der Waals surface area contributed by atoms with E-state index in [9.17, 15) is 0 Å². The fourth-order valence-corrected chi connectivity index (χ4v) is 22.5. The molecule has 143 heavy (non-hydrogen) atoms. The van der Waals surface area contributed by atoms with E-state index >= 15 is 0 Å². The fourth-order valence-electron chi connectivity index (χ4n) is 22.5. The molecule has 2 aromatic heterocycles. The van der Waals surface area contributed by atoms with Gasteiger partial charge in [-0.15, -0.1) is 0 Å². The Labute approximate surface area is 839 Å². The van der Waals surface area contributed by atoms with E-state index in [2.05, 4.69) is 567 Å². The molecule has 0 fully saturated rings. The van der Waals surface area contributed by atoms with Gasteiger partial charge in [-0.25, -0.2) is 0 Å². The molecule has 2 aliphatic rings. The molecule has 4 heterocycles. The van der Waals surface area contributed by atoms with Crippen LogP contribution in [0.1, 0.15) is 79.0 Å². The highest BCUT2D eigenvalue weighted by molar-refractivity contribution is 7.00. The topological polar surface area (TPSA) is 16.3 Å². The van der Waals surface area contributed by atoms with E-state index in [1.165, 1.54) is 121 Å². The van der Waals surface area contributed by atoms with E-state index < -0.39 is 5.41 Å². The van der Waals surface area contributed by atoms with Gasteiger partial charge < -0.3 is 18.9 Å². The normalized spacial score (nSPS) is 12.5. The molecule has 23 aromatic rings. The van der Waals surface area contributed by atoms with Crippen LogP contribution in [0.15, 0.2) is 485 Å². The van der Waals surface area contributed by atoms with Crippen LogP contribution < -0.4 is 26.2 Å². The lowest BCUT2D eigenvalue weighted by Crippen LogP contribution is -2.61. The van der Waals surface area contributed by atoms with E-state index in [1.54, 1.807) is 0 Å². The van der Waals surface area contributed by atoms with Crippen LogP contribution in [0.4, 0.5) is 34.1 Å². The molecule has 0 atom stereocenters. The third-order valence-corrected chi connectivity index (χ3v) is 29.9. The van der Waals surface area contributed by atoms with E-state index in [0.717, 1.165) is 134 Å². The maximum absolute atomic E-state index is 2.78. The Morgan fingerprint density at radius 3 is 0.650 bits per heavy atom. The van der Waals surface area contributed by atoms with Crippen LogP contribution in [0.3, 0.4) is 0 Å². The lowest BCUT2D eigenvalue weighted by molar-refractivity contribution is 0.590.